The van der Waals surface area contributed by atoms with Gasteiger partial charge in [-0.15, -0.1) is 0 Å². The lowest BCUT2D eigenvalue weighted by Crippen LogP contribution is -2.41. The van der Waals surface area contributed by atoms with Crippen molar-refractivity contribution in [3.05, 3.63) is 55.4 Å². The van der Waals surface area contributed by atoms with Crippen molar-refractivity contribution in [1.82, 2.24) is 18.7 Å². The molecule has 0 N–H and O–H groups in total. The molecule has 1 aromatic carbocycles. The first-order valence-electron chi connectivity index (χ1n) is 9.72. The van der Waals surface area contributed by atoms with Gasteiger partial charge in [0.25, 0.3) is 5.56 Å². The summed E-state index contributed by atoms with van der Waals surface area (Å²) in [5, 5.41) is 6.35. The number of aromatic nitrogens is 4. The first-order chi connectivity index (χ1) is 14.8. The Morgan fingerprint density at radius 1 is 1.29 bits per heavy atom. The summed E-state index contributed by atoms with van der Waals surface area (Å²) in [6.07, 6.45) is 0. The molecule has 1 atom stereocenters. The van der Waals surface area contributed by atoms with Crippen LogP contribution in [0.2, 0.25) is 5.02 Å². The lowest BCUT2D eigenvalue weighted by molar-refractivity contribution is 0.204. The summed E-state index contributed by atoms with van der Waals surface area (Å²) in [4.78, 5) is 31.0. The van der Waals surface area contributed by atoms with Crippen LogP contribution >= 0.6 is 11.6 Å². The Morgan fingerprint density at radius 3 is 2.71 bits per heavy atom. The molecule has 0 aliphatic carbocycles. The number of benzene rings is 1. The molecular formula is C20H22ClFN6O3. The highest BCUT2D eigenvalue weighted by Crippen LogP contribution is 2.29. The highest BCUT2D eigenvalue weighted by atomic mass is 35.5. The van der Waals surface area contributed by atoms with Gasteiger partial charge in [0.15, 0.2) is 11.2 Å². The summed E-state index contributed by atoms with van der Waals surface area (Å²) >= 11 is 6.13. The zero-order chi connectivity index (χ0) is 22.4. The average molecular weight is 449 g/mol. The predicted octanol–water partition coefficient (Wildman–Crippen LogP) is 2.14. The second-order valence-corrected chi connectivity index (χ2v) is 7.83. The molecule has 0 unspecified atom stereocenters. The van der Waals surface area contributed by atoms with Crippen molar-refractivity contribution in [2.45, 2.75) is 26.4 Å². The maximum atomic E-state index is 14.3. The van der Waals surface area contributed by atoms with Gasteiger partial charge >= 0.3 is 5.69 Å². The topological polar surface area (TPSA) is 86.7 Å². The summed E-state index contributed by atoms with van der Waals surface area (Å²) in [5.74, 6) is -0.141. The van der Waals surface area contributed by atoms with Crippen molar-refractivity contribution in [1.29, 1.82) is 0 Å². The van der Waals surface area contributed by atoms with E-state index in [9.17, 15) is 14.0 Å². The molecule has 1 aliphatic rings. The fourth-order valence-electron chi connectivity index (χ4n) is 3.69. The summed E-state index contributed by atoms with van der Waals surface area (Å²) in [5.41, 5.74) is 0.160. The van der Waals surface area contributed by atoms with Crippen LogP contribution in [0.3, 0.4) is 0 Å². The normalized spacial score (nSPS) is 16.0. The van der Waals surface area contributed by atoms with Crippen LogP contribution in [0.15, 0.2) is 32.9 Å². The summed E-state index contributed by atoms with van der Waals surface area (Å²) in [6, 6.07) is 3.97. The van der Waals surface area contributed by atoms with Crippen molar-refractivity contribution in [2.75, 3.05) is 25.3 Å². The maximum absolute atomic E-state index is 14.3. The van der Waals surface area contributed by atoms with Gasteiger partial charge in [-0.2, -0.15) is 10.1 Å². The number of hydrazone groups is 1. The molecule has 0 saturated carbocycles. The van der Waals surface area contributed by atoms with Crippen molar-refractivity contribution in [3.63, 3.8) is 0 Å². The third kappa shape index (κ3) is 3.35. The van der Waals surface area contributed by atoms with E-state index in [-0.39, 0.29) is 34.3 Å². The third-order valence-corrected chi connectivity index (χ3v) is 5.90. The fraction of sp³-hybridized carbons (Fsp3) is 0.400. The summed E-state index contributed by atoms with van der Waals surface area (Å²) < 4.78 is 23.5. The average Bonchev–Trinajstić information content (AvgIpc) is 3.14. The van der Waals surface area contributed by atoms with Crippen molar-refractivity contribution >= 4 is 34.4 Å². The number of rotatable bonds is 5. The largest absolute Gasteiger partial charge is 0.383 e. The molecule has 2 aromatic heterocycles. The quantitative estimate of drug-likeness (QED) is 0.597. The molecule has 9 nitrogen and oxygen atoms in total. The van der Waals surface area contributed by atoms with Gasteiger partial charge in [-0.05, 0) is 26.0 Å². The number of imidazole rings is 1. The van der Waals surface area contributed by atoms with E-state index in [0.29, 0.717) is 19.1 Å². The van der Waals surface area contributed by atoms with Crippen LogP contribution in [0.25, 0.3) is 11.2 Å². The molecule has 31 heavy (non-hydrogen) atoms. The summed E-state index contributed by atoms with van der Waals surface area (Å²) in [6.45, 7) is 4.31. The SMILES string of the molecule is COCCN1N=C(C)[C@H](C)n2c1nc1c2c(=O)n(Cc2c(F)cccc2Cl)c(=O)n1C. The number of halogens is 2. The van der Waals surface area contributed by atoms with Crippen LogP contribution < -0.4 is 16.3 Å². The number of aryl methyl sites for hydroxylation is 1. The zero-order valence-corrected chi connectivity index (χ0v) is 18.4. The lowest BCUT2D eigenvalue weighted by Gasteiger charge is -2.29. The minimum atomic E-state index is -0.610. The van der Waals surface area contributed by atoms with E-state index < -0.39 is 17.1 Å². The zero-order valence-electron chi connectivity index (χ0n) is 17.6. The highest BCUT2D eigenvalue weighted by molar-refractivity contribution is 6.31. The van der Waals surface area contributed by atoms with Crippen LogP contribution in [0.5, 0.6) is 0 Å². The van der Waals surface area contributed by atoms with Gasteiger partial charge in [0.1, 0.15) is 5.82 Å². The molecule has 0 radical (unpaired) electrons. The number of ether oxygens (including phenoxy) is 1. The molecule has 0 saturated heterocycles. The third-order valence-electron chi connectivity index (χ3n) is 5.54. The molecule has 0 bridgehead atoms. The minimum Gasteiger partial charge on any atom is -0.383 e. The smallest absolute Gasteiger partial charge is 0.332 e. The van der Waals surface area contributed by atoms with Gasteiger partial charge in [-0.3, -0.25) is 18.5 Å². The van der Waals surface area contributed by atoms with E-state index in [1.807, 2.05) is 13.8 Å². The molecule has 0 fully saturated rings. The van der Waals surface area contributed by atoms with Crippen LogP contribution in [0, 0.1) is 5.82 Å². The van der Waals surface area contributed by atoms with Crippen LogP contribution in [-0.2, 0) is 18.3 Å². The van der Waals surface area contributed by atoms with Crippen molar-refractivity contribution in [2.24, 2.45) is 12.1 Å². The Bertz CT molecular complexity index is 1300. The number of nitrogens with zero attached hydrogens (tertiary/aromatic N) is 6. The Hall–Kier alpha value is -2.98. The number of methoxy groups -OCH3 is 1. The first kappa shape index (κ1) is 21.3. The molecule has 0 spiro atoms. The van der Waals surface area contributed by atoms with Crippen molar-refractivity contribution < 1.29 is 9.13 Å². The maximum Gasteiger partial charge on any atom is 0.332 e. The standard InChI is InChI=1S/C20H22ClFN6O3/c1-11-12(2)28-16-17(23-19(28)27(24-11)8-9-31-4)25(3)20(30)26(18(16)29)10-13-14(21)6-5-7-15(13)22/h5-7,12H,8-10H2,1-4H3/t12-/m0/s1. The number of fused-ring (bicyclic) bond motifs is 3. The fourth-order valence-corrected chi connectivity index (χ4v) is 3.91. The van der Waals surface area contributed by atoms with Crippen LogP contribution in [-0.4, -0.2) is 44.7 Å². The van der Waals surface area contributed by atoms with E-state index in [2.05, 4.69) is 10.1 Å². The van der Waals surface area contributed by atoms with Crippen LogP contribution in [0.1, 0.15) is 25.5 Å². The van der Waals surface area contributed by atoms with Gasteiger partial charge in [0.05, 0.1) is 31.4 Å². The van der Waals surface area contributed by atoms with Gasteiger partial charge < -0.3 is 4.74 Å². The van der Waals surface area contributed by atoms with Gasteiger partial charge in [-0.25, -0.2) is 14.2 Å². The van der Waals surface area contributed by atoms with Gasteiger partial charge in [0, 0.05) is 24.7 Å². The van der Waals surface area contributed by atoms with Gasteiger partial charge in [0.2, 0.25) is 5.95 Å². The second kappa shape index (κ2) is 7.93. The first-order valence-corrected chi connectivity index (χ1v) is 10.1. The number of anilines is 1. The molecule has 3 aromatic rings. The highest BCUT2D eigenvalue weighted by Gasteiger charge is 2.30. The van der Waals surface area contributed by atoms with E-state index in [1.165, 1.54) is 29.8 Å². The molecule has 11 heteroatoms. The molecular weight excluding hydrogens is 427 g/mol. The number of hydrogen-bond donors (Lipinski definition) is 0. The number of hydrogen-bond acceptors (Lipinski definition) is 6. The van der Waals surface area contributed by atoms with Crippen molar-refractivity contribution in [3.8, 4) is 0 Å². The van der Waals surface area contributed by atoms with E-state index in [4.69, 9.17) is 16.3 Å². The van der Waals surface area contributed by atoms with Gasteiger partial charge in [-0.1, -0.05) is 17.7 Å². The summed E-state index contributed by atoms with van der Waals surface area (Å²) in [7, 11) is 3.11. The van der Waals surface area contributed by atoms with E-state index >= 15 is 0 Å². The Labute approximate surface area is 181 Å². The van der Waals surface area contributed by atoms with Crippen LogP contribution in [0.4, 0.5) is 10.3 Å². The Balaban J connectivity index is 1.97. The molecule has 3 heterocycles. The van der Waals surface area contributed by atoms with E-state index in [1.54, 1.807) is 16.7 Å². The molecule has 0 amide bonds. The predicted molar refractivity (Wildman–Crippen MR) is 117 cm³/mol. The minimum absolute atomic E-state index is 0.0774. The Kier molecular flexibility index (Phi) is 5.44. The monoisotopic (exact) mass is 448 g/mol. The second-order valence-electron chi connectivity index (χ2n) is 7.42. The van der Waals surface area contributed by atoms with E-state index in [0.717, 1.165) is 10.3 Å². The molecule has 4 rings (SSSR count). The molecule has 1 aliphatic heterocycles. The lowest BCUT2D eigenvalue weighted by atomic mass is 10.2. The molecule has 164 valence electrons. The Morgan fingerprint density at radius 2 is 2.03 bits per heavy atom.